The lowest BCUT2D eigenvalue weighted by Crippen LogP contribution is -2.41. The molecule has 0 saturated carbocycles. The molecule has 0 spiro atoms. The maximum Gasteiger partial charge on any atom is 0.494 e. The lowest BCUT2D eigenvalue weighted by atomic mass is 9.78. The van der Waals surface area contributed by atoms with Crippen LogP contribution in [-0.2, 0) is 9.31 Å². The van der Waals surface area contributed by atoms with Gasteiger partial charge in [0.2, 0.25) is 0 Å². The Bertz CT molecular complexity index is 620. The first-order chi connectivity index (χ1) is 8.80. The molecule has 1 fully saturated rings. The van der Waals surface area contributed by atoms with Crippen LogP contribution < -0.4 is 11.2 Å². The maximum absolute atomic E-state index is 6.02. The van der Waals surface area contributed by atoms with Crippen molar-refractivity contribution in [3.8, 4) is 0 Å². The van der Waals surface area contributed by atoms with Crippen molar-refractivity contribution in [3.05, 3.63) is 18.2 Å². The van der Waals surface area contributed by atoms with Crippen molar-refractivity contribution in [3.63, 3.8) is 0 Å². The zero-order valence-electron chi connectivity index (χ0n) is 11.7. The van der Waals surface area contributed by atoms with Crippen LogP contribution in [0.1, 0.15) is 27.7 Å². The zero-order valence-corrected chi connectivity index (χ0v) is 11.7. The van der Waals surface area contributed by atoms with Gasteiger partial charge in [-0.3, -0.25) is 5.10 Å². The highest BCUT2D eigenvalue weighted by Gasteiger charge is 2.51. The molecule has 1 aliphatic heterocycles. The Morgan fingerprint density at radius 1 is 1.16 bits per heavy atom. The van der Waals surface area contributed by atoms with E-state index in [1.807, 2.05) is 45.9 Å². The highest BCUT2D eigenvalue weighted by Crippen LogP contribution is 2.36. The molecule has 5 nitrogen and oxygen atoms in total. The van der Waals surface area contributed by atoms with Crippen LogP contribution in [0.25, 0.3) is 10.9 Å². The zero-order chi connectivity index (χ0) is 13.8. The highest BCUT2D eigenvalue weighted by atomic mass is 16.7. The number of nitrogens with one attached hydrogen (secondary N) is 1. The Balaban J connectivity index is 2.00. The van der Waals surface area contributed by atoms with Crippen molar-refractivity contribution < 1.29 is 9.31 Å². The fourth-order valence-corrected chi connectivity index (χ4v) is 2.18. The number of benzene rings is 1. The molecule has 0 bridgehead atoms. The molecule has 0 atom stereocenters. The van der Waals surface area contributed by atoms with Crippen LogP contribution >= 0.6 is 0 Å². The van der Waals surface area contributed by atoms with E-state index in [9.17, 15) is 0 Å². The number of aromatic nitrogens is 2. The van der Waals surface area contributed by atoms with Gasteiger partial charge in [0.05, 0.1) is 16.7 Å². The lowest BCUT2D eigenvalue weighted by molar-refractivity contribution is 0.00578. The minimum atomic E-state index is -0.372. The van der Waals surface area contributed by atoms with Gasteiger partial charge in [0.1, 0.15) is 0 Å². The first kappa shape index (κ1) is 12.5. The van der Waals surface area contributed by atoms with E-state index in [0.29, 0.717) is 5.82 Å². The first-order valence-corrected chi connectivity index (χ1v) is 6.39. The molecule has 3 rings (SSSR count). The lowest BCUT2D eigenvalue weighted by Gasteiger charge is -2.32. The predicted octanol–water partition coefficient (Wildman–Crippen LogP) is 1.44. The van der Waals surface area contributed by atoms with Crippen molar-refractivity contribution >= 4 is 29.3 Å². The summed E-state index contributed by atoms with van der Waals surface area (Å²) in [6, 6.07) is 5.89. The topological polar surface area (TPSA) is 73.2 Å². The summed E-state index contributed by atoms with van der Waals surface area (Å²) in [7, 11) is -0.372. The SMILES string of the molecule is CC1(C)OB(c2ccc3[nH]nc(N)c3c2)OC1(C)C. The summed E-state index contributed by atoms with van der Waals surface area (Å²) in [6.45, 7) is 8.16. The minimum absolute atomic E-state index is 0.339. The summed E-state index contributed by atoms with van der Waals surface area (Å²) < 4.78 is 12.0. The van der Waals surface area contributed by atoms with E-state index < -0.39 is 0 Å². The Labute approximate surface area is 112 Å². The van der Waals surface area contributed by atoms with Crippen LogP contribution in [0.2, 0.25) is 0 Å². The van der Waals surface area contributed by atoms with Crippen LogP contribution in [0.4, 0.5) is 5.82 Å². The van der Waals surface area contributed by atoms with Gasteiger partial charge in [-0.2, -0.15) is 5.10 Å². The van der Waals surface area contributed by atoms with E-state index in [0.717, 1.165) is 16.4 Å². The molecule has 3 N–H and O–H groups in total. The third kappa shape index (κ3) is 1.83. The predicted molar refractivity (Wildman–Crippen MR) is 76.2 cm³/mol. The monoisotopic (exact) mass is 259 g/mol. The van der Waals surface area contributed by atoms with Gasteiger partial charge >= 0.3 is 7.12 Å². The summed E-state index contributed by atoms with van der Waals surface area (Å²) in [5, 5.41) is 7.77. The van der Waals surface area contributed by atoms with E-state index in [1.54, 1.807) is 0 Å². The quantitative estimate of drug-likeness (QED) is 0.760. The molecule has 0 aliphatic carbocycles. The number of hydrogen-bond acceptors (Lipinski definition) is 4. The minimum Gasteiger partial charge on any atom is -0.399 e. The number of rotatable bonds is 1. The molecule has 19 heavy (non-hydrogen) atoms. The molecule has 100 valence electrons. The Kier molecular flexibility index (Phi) is 2.46. The van der Waals surface area contributed by atoms with Crippen LogP contribution in [0.15, 0.2) is 18.2 Å². The second-order valence-electron chi connectivity index (χ2n) is 6.00. The summed E-state index contributed by atoms with van der Waals surface area (Å²) in [6.07, 6.45) is 0. The first-order valence-electron chi connectivity index (χ1n) is 6.39. The van der Waals surface area contributed by atoms with E-state index in [1.165, 1.54) is 0 Å². The average Bonchev–Trinajstić information content (AvgIpc) is 2.78. The van der Waals surface area contributed by atoms with Crippen LogP contribution in [-0.4, -0.2) is 28.5 Å². The van der Waals surface area contributed by atoms with Gasteiger partial charge in [-0.1, -0.05) is 6.07 Å². The molecule has 6 heteroatoms. The molecule has 1 aliphatic rings. The number of aromatic amines is 1. The second-order valence-corrected chi connectivity index (χ2v) is 6.00. The summed E-state index contributed by atoms with van der Waals surface area (Å²) >= 11 is 0. The number of fused-ring (bicyclic) bond motifs is 1. The molecule has 1 saturated heterocycles. The van der Waals surface area contributed by atoms with E-state index in [2.05, 4.69) is 10.2 Å². The van der Waals surface area contributed by atoms with Gasteiger partial charge in [0.25, 0.3) is 0 Å². The van der Waals surface area contributed by atoms with E-state index in [4.69, 9.17) is 15.0 Å². The Morgan fingerprint density at radius 2 is 1.79 bits per heavy atom. The van der Waals surface area contributed by atoms with E-state index >= 15 is 0 Å². The van der Waals surface area contributed by atoms with Gasteiger partial charge in [-0.25, -0.2) is 0 Å². The van der Waals surface area contributed by atoms with Crippen molar-refractivity contribution in [1.29, 1.82) is 0 Å². The molecule has 2 heterocycles. The Hall–Kier alpha value is -1.53. The number of H-pyrrole nitrogens is 1. The molecule has 1 aromatic heterocycles. The largest absolute Gasteiger partial charge is 0.494 e. The number of nitrogen functional groups attached to an aromatic ring is 1. The normalized spacial score (nSPS) is 21.2. The second kappa shape index (κ2) is 3.74. The summed E-state index contributed by atoms with van der Waals surface area (Å²) in [5.41, 5.74) is 7.02. The highest BCUT2D eigenvalue weighted by molar-refractivity contribution is 6.62. The Morgan fingerprint density at radius 3 is 2.42 bits per heavy atom. The molecule has 2 aromatic rings. The molecule has 0 radical (unpaired) electrons. The third-order valence-corrected chi connectivity index (χ3v) is 4.14. The summed E-state index contributed by atoms with van der Waals surface area (Å²) in [4.78, 5) is 0. The molecule has 1 aromatic carbocycles. The van der Waals surface area contributed by atoms with Gasteiger partial charge in [0.15, 0.2) is 5.82 Å². The number of nitrogens with two attached hydrogens (primary N) is 1. The fraction of sp³-hybridized carbons (Fsp3) is 0.462. The van der Waals surface area contributed by atoms with Crippen LogP contribution in [0.5, 0.6) is 0 Å². The third-order valence-electron chi connectivity index (χ3n) is 4.14. The van der Waals surface area contributed by atoms with Crippen LogP contribution in [0.3, 0.4) is 0 Å². The van der Waals surface area contributed by atoms with Gasteiger partial charge in [0, 0.05) is 5.39 Å². The average molecular weight is 259 g/mol. The number of nitrogens with zero attached hydrogens (tertiary/aromatic N) is 1. The molecular formula is C13H18BN3O2. The van der Waals surface area contributed by atoms with Crippen molar-refractivity contribution in [2.75, 3.05) is 5.73 Å². The van der Waals surface area contributed by atoms with Gasteiger partial charge in [-0.05, 0) is 45.3 Å². The number of anilines is 1. The smallest absolute Gasteiger partial charge is 0.399 e. The van der Waals surface area contributed by atoms with E-state index in [-0.39, 0.29) is 18.3 Å². The van der Waals surface area contributed by atoms with Gasteiger partial charge in [-0.15, -0.1) is 0 Å². The summed E-state index contributed by atoms with van der Waals surface area (Å²) in [5.74, 6) is 0.494. The molecule has 0 unspecified atom stereocenters. The number of hydrogen-bond donors (Lipinski definition) is 2. The fourth-order valence-electron chi connectivity index (χ4n) is 2.18. The molecular weight excluding hydrogens is 241 g/mol. The van der Waals surface area contributed by atoms with Gasteiger partial charge < -0.3 is 15.0 Å². The maximum atomic E-state index is 6.02. The standard InChI is InChI=1S/C13H18BN3O2/c1-12(2)13(3,4)19-14(18-12)8-5-6-10-9(7-8)11(15)17-16-10/h5-7H,1-4H3,(H3,15,16,17). The van der Waals surface area contributed by atoms with Crippen molar-refractivity contribution in [2.45, 2.75) is 38.9 Å². The van der Waals surface area contributed by atoms with Crippen LogP contribution in [0, 0.1) is 0 Å². The molecule has 0 amide bonds. The van der Waals surface area contributed by atoms with Crippen molar-refractivity contribution in [1.82, 2.24) is 10.2 Å². The van der Waals surface area contributed by atoms with Crippen molar-refractivity contribution in [2.24, 2.45) is 0 Å².